The van der Waals surface area contributed by atoms with E-state index in [1.807, 2.05) is 60.8 Å². The summed E-state index contributed by atoms with van der Waals surface area (Å²) in [6, 6.07) is 12.0. The third-order valence-electron chi connectivity index (χ3n) is 4.36. The Morgan fingerprint density at radius 1 is 0.923 bits per heavy atom. The lowest BCUT2D eigenvalue weighted by atomic mass is 10.2. The summed E-state index contributed by atoms with van der Waals surface area (Å²) in [5, 5.41) is 4.58. The quantitative estimate of drug-likeness (QED) is 0.493. The summed E-state index contributed by atoms with van der Waals surface area (Å²) in [5.41, 5.74) is 5.98. The molecule has 0 aliphatic carbocycles. The van der Waals surface area contributed by atoms with Crippen LogP contribution in [0.1, 0.15) is 11.4 Å². The lowest BCUT2D eigenvalue weighted by Crippen LogP contribution is -1.97. The molecule has 0 bridgehead atoms. The van der Waals surface area contributed by atoms with E-state index in [1.165, 1.54) is 0 Å². The van der Waals surface area contributed by atoms with Crippen molar-refractivity contribution in [1.82, 2.24) is 34.0 Å². The summed E-state index contributed by atoms with van der Waals surface area (Å²) >= 11 is 0. The third kappa shape index (κ3) is 2.25. The smallest absolute Gasteiger partial charge is 0.201 e. The van der Waals surface area contributed by atoms with E-state index < -0.39 is 0 Å². The zero-order valence-corrected chi connectivity index (χ0v) is 14.3. The molecule has 126 valence electrons. The van der Waals surface area contributed by atoms with Crippen molar-refractivity contribution in [2.45, 2.75) is 13.8 Å². The van der Waals surface area contributed by atoms with E-state index in [-0.39, 0.29) is 0 Å². The van der Waals surface area contributed by atoms with Crippen molar-refractivity contribution in [2.75, 3.05) is 0 Å². The fourth-order valence-electron chi connectivity index (χ4n) is 2.96. The zero-order valence-electron chi connectivity index (χ0n) is 14.3. The highest BCUT2D eigenvalue weighted by molar-refractivity contribution is 5.65. The van der Waals surface area contributed by atoms with Gasteiger partial charge in [-0.05, 0) is 13.8 Å². The number of aromatic nitrogens is 7. The Morgan fingerprint density at radius 3 is 2.58 bits per heavy atom. The fourth-order valence-corrected chi connectivity index (χ4v) is 2.96. The Hall–Kier alpha value is -3.61. The molecule has 4 aromatic heterocycles. The van der Waals surface area contributed by atoms with Crippen molar-refractivity contribution < 1.29 is 0 Å². The van der Waals surface area contributed by atoms with Crippen molar-refractivity contribution in [1.29, 1.82) is 0 Å². The first-order chi connectivity index (χ1) is 12.7. The molecule has 0 aliphatic heterocycles. The molecule has 0 amide bonds. The Morgan fingerprint density at radius 2 is 1.77 bits per heavy atom. The van der Waals surface area contributed by atoms with Crippen LogP contribution in [0, 0.1) is 13.8 Å². The Kier molecular flexibility index (Phi) is 3.08. The van der Waals surface area contributed by atoms with Crippen LogP contribution < -0.4 is 0 Å². The number of benzene rings is 1. The lowest BCUT2D eigenvalue weighted by molar-refractivity contribution is 0.888. The van der Waals surface area contributed by atoms with Gasteiger partial charge < -0.3 is 0 Å². The van der Waals surface area contributed by atoms with Gasteiger partial charge in [0, 0.05) is 24.0 Å². The average Bonchev–Trinajstić information content (AvgIpc) is 3.30. The van der Waals surface area contributed by atoms with Crippen LogP contribution in [0.4, 0.5) is 0 Å². The highest BCUT2D eigenvalue weighted by Crippen LogP contribution is 2.21. The molecular formula is C19H15N7. The van der Waals surface area contributed by atoms with E-state index in [0.29, 0.717) is 11.5 Å². The third-order valence-corrected chi connectivity index (χ3v) is 4.36. The molecule has 0 saturated carbocycles. The first kappa shape index (κ1) is 14.7. The summed E-state index contributed by atoms with van der Waals surface area (Å²) in [5.74, 6) is 0.566. The Balaban J connectivity index is 1.64. The standard InChI is InChI=1S/C19H15N7/c1-12-9-20-13(2)19-23-18(24-26(12)19)15-8-17-22-16(10-25(17)11-21-15)14-6-4-3-5-7-14/h3-11H,1-2H3. The Labute approximate surface area is 149 Å². The molecule has 0 saturated heterocycles. The van der Waals surface area contributed by atoms with Crippen LogP contribution in [0.5, 0.6) is 0 Å². The van der Waals surface area contributed by atoms with Crippen LogP contribution in [-0.2, 0) is 0 Å². The fraction of sp³-hybridized carbons (Fsp3) is 0.105. The molecule has 0 aliphatic rings. The van der Waals surface area contributed by atoms with Crippen molar-refractivity contribution in [3.05, 3.63) is 66.5 Å². The predicted molar refractivity (Wildman–Crippen MR) is 97.7 cm³/mol. The maximum Gasteiger partial charge on any atom is 0.201 e. The molecule has 1 aromatic carbocycles. The molecule has 0 atom stereocenters. The molecule has 0 fully saturated rings. The lowest BCUT2D eigenvalue weighted by Gasteiger charge is -1.97. The molecule has 0 spiro atoms. The van der Waals surface area contributed by atoms with Gasteiger partial charge in [-0.1, -0.05) is 30.3 Å². The topological polar surface area (TPSA) is 73.3 Å². The minimum atomic E-state index is 0.566. The highest BCUT2D eigenvalue weighted by atomic mass is 15.3. The van der Waals surface area contributed by atoms with Crippen LogP contribution in [0.15, 0.2) is 55.1 Å². The molecule has 0 N–H and O–H groups in total. The van der Waals surface area contributed by atoms with Gasteiger partial charge in [-0.3, -0.25) is 9.38 Å². The van der Waals surface area contributed by atoms with Gasteiger partial charge in [0.1, 0.15) is 17.7 Å². The maximum absolute atomic E-state index is 4.71. The van der Waals surface area contributed by atoms with Crippen LogP contribution in [0.2, 0.25) is 0 Å². The summed E-state index contributed by atoms with van der Waals surface area (Å²) in [7, 11) is 0. The average molecular weight is 341 g/mol. The van der Waals surface area contributed by atoms with Gasteiger partial charge in [0.05, 0.1) is 17.1 Å². The van der Waals surface area contributed by atoms with Gasteiger partial charge in [0.15, 0.2) is 5.65 Å². The van der Waals surface area contributed by atoms with E-state index in [9.17, 15) is 0 Å². The molecule has 0 radical (unpaired) electrons. The van der Waals surface area contributed by atoms with E-state index >= 15 is 0 Å². The molecule has 4 heterocycles. The van der Waals surface area contributed by atoms with Crippen molar-refractivity contribution in [2.24, 2.45) is 0 Å². The minimum absolute atomic E-state index is 0.566. The van der Waals surface area contributed by atoms with Crippen molar-refractivity contribution in [3.8, 4) is 22.8 Å². The van der Waals surface area contributed by atoms with E-state index in [4.69, 9.17) is 4.98 Å². The van der Waals surface area contributed by atoms with Gasteiger partial charge in [0.2, 0.25) is 5.82 Å². The van der Waals surface area contributed by atoms with Crippen LogP contribution in [-0.4, -0.2) is 34.0 Å². The van der Waals surface area contributed by atoms with Gasteiger partial charge in [-0.15, -0.1) is 5.10 Å². The highest BCUT2D eigenvalue weighted by Gasteiger charge is 2.13. The zero-order chi connectivity index (χ0) is 17.7. The SMILES string of the molecule is Cc1ncc(C)n2nc(-c3cc4nc(-c5ccccc5)cn4cn3)nc12. The summed E-state index contributed by atoms with van der Waals surface area (Å²) in [6.07, 6.45) is 5.50. The second-order valence-electron chi connectivity index (χ2n) is 6.19. The molecule has 7 heteroatoms. The predicted octanol–water partition coefficient (Wildman–Crippen LogP) is 3.12. The largest absolute Gasteiger partial charge is 0.290 e. The molecule has 7 nitrogen and oxygen atoms in total. The van der Waals surface area contributed by atoms with E-state index in [1.54, 1.807) is 17.0 Å². The second-order valence-corrected chi connectivity index (χ2v) is 6.19. The monoisotopic (exact) mass is 341 g/mol. The van der Waals surface area contributed by atoms with E-state index in [0.717, 1.165) is 33.9 Å². The number of aryl methyl sites for hydroxylation is 2. The number of hydrogen-bond acceptors (Lipinski definition) is 5. The summed E-state index contributed by atoms with van der Waals surface area (Å²) in [4.78, 5) is 18.2. The molecule has 5 aromatic rings. The number of rotatable bonds is 2. The van der Waals surface area contributed by atoms with Crippen LogP contribution >= 0.6 is 0 Å². The number of nitrogens with zero attached hydrogens (tertiary/aromatic N) is 7. The maximum atomic E-state index is 4.71. The Bertz CT molecular complexity index is 1210. The molecule has 5 rings (SSSR count). The molecule has 0 unspecified atom stereocenters. The van der Waals surface area contributed by atoms with Crippen LogP contribution in [0.3, 0.4) is 0 Å². The number of imidazole rings is 1. The normalized spacial score (nSPS) is 11.5. The second kappa shape index (κ2) is 5.45. The van der Waals surface area contributed by atoms with Gasteiger partial charge >= 0.3 is 0 Å². The first-order valence-corrected chi connectivity index (χ1v) is 8.28. The number of fused-ring (bicyclic) bond motifs is 2. The molecular weight excluding hydrogens is 326 g/mol. The molecule has 26 heavy (non-hydrogen) atoms. The van der Waals surface area contributed by atoms with Gasteiger partial charge in [0.25, 0.3) is 0 Å². The van der Waals surface area contributed by atoms with Gasteiger partial charge in [-0.2, -0.15) is 0 Å². The van der Waals surface area contributed by atoms with Crippen molar-refractivity contribution >= 4 is 11.3 Å². The number of hydrogen-bond donors (Lipinski definition) is 0. The first-order valence-electron chi connectivity index (χ1n) is 8.28. The summed E-state index contributed by atoms with van der Waals surface area (Å²) < 4.78 is 3.70. The van der Waals surface area contributed by atoms with Crippen molar-refractivity contribution in [3.63, 3.8) is 0 Å². The minimum Gasteiger partial charge on any atom is -0.290 e. The van der Waals surface area contributed by atoms with E-state index in [2.05, 4.69) is 20.1 Å². The summed E-state index contributed by atoms with van der Waals surface area (Å²) in [6.45, 7) is 3.87. The van der Waals surface area contributed by atoms with Crippen LogP contribution in [0.25, 0.3) is 34.1 Å². The van der Waals surface area contributed by atoms with Gasteiger partial charge in [-0.25, -0.2) is 19.5 Å².